The van der Waals surface area contributed by atoms with Crippen LogP contribution in [0.4, 0.5) is 4.79 Å². The second kappa shape index (κ2) is 7.11. The highest BCUT2D eigenvalue weighted by atomic mass is 16.5. The lowest BCUT2D eigenvalue weighted by molar-refractivity contribution is -0.0701. The van der Waals surface area contributed by atoms with Crippen LogP contribution in [-0.4, -0.2) is 53.8 Å². The van der Waals surface area contributed by atoms with Crippen molar-refractivity contribution >= 4 is 11.9 Å². The molecule has 0 radical (unpaired) electrons. The van der Waals surface area contributed by atoms with Crippen molar-refractivity contribution in [1.82, 2.24) is 20.5 Å². The molecule has 3 N–H and O–H groups in total. The highest BCUT2D eigenvalue weighted by molar-refractivity contribution is 5.93. The van der Waals surface area contributed by atoms with Crippen LogP contribution in [0.15, 0.2) is 23.1 Å². The second-order valence-corrected chi connectivity index (χ2v) is 7.31. The Morgan fingerprint density at radius 2 is 1.92 bits per heavy atom. The van der Waals surface area contributed by atoms with Crippen molar-refractivity contribution in [1.29, 1.82) is 0 Å². The molecule has 26 heavy (non-hydrogen) atoms. The Balaban J connectivity index is 1.39. The number of carbonyl (C=O) groups is 2. The molecule has 0 aliphatic carbocycles. The van der Waals surface area contributed by atoms with Gasteiger partial charge in [-0.3, -0.25) is 9.59 Å². The van der Waals surface area contributed by atoms with Gasteiger partial charge in [-0.2, -0.15) is 0 Å². The molecule has 3 atom stereocenters. The summed E-state index contributed by atoms with van der Waals surface area (Å²) in [4.78, 5) is 40.1. The number of aromatic nitrogens is 1. The number of amides is 3. The number of urea groups is 1. The van der Waals surface area contributed by atoms with E-state index in [4.69, 9.17) is 4.74 Å². The van der Waals surface area contributed by atoms with Crippen molar-refractivity contribution in [2.75, 3.05) is 19.7 Å². The molecule has 140 valence electrons. The minimum atomic E-state index is -0.217. The zero-order chi connectivity index (χ0) is 18.1. The van der Waals surface area contributed by atoms with Gasteiger partial charge in [0.25, 0.3) is 5.91 Å². The van der Waals surface area contributed by atoms with Crippen LogP contribution in [0.25, 0.3) is 0 Å². The molecule has 0 aromatic carbocycles. The van der Waals surface area contributed by atoms with Gasteiger partial charge in [-0.25, -0.2) is 4.79 Å². The number of ether oxygens (including phenoxy) is 1. The van der Waals surface area contributed by atoms with Crippen LogP contribution in [0.2, 0.25) is 0 Å². The first-order chi connectivity index (χ1) is 12.6. The zero-order valence-electron chi connectivity index (χ0n) is 14.6. The number of nitrogens with one attached hydrogen (secondary N) is 3. The first-order valence-electron chi connectivity index (χ1n) is 9.28. The Morgan fingerprint density at radius 3 is 2.65 bits per heavy atom. The van der Waals surface area contributed by atoms with Gasteiger partial charge in [0.2, 0.25) is 5.56 Å². The van der Waals surface area contributed by atoms with E-state index in [1.54, 1.807) is 6.07 Å². The molecular formula is C18H24N4O4. The van der Waals surface area contributed by atoms with Gasteiger partial charge in [0.15, 0.2) is 0 Å². The van der Waals surface area contributed by atoms with E-state index in [0.29, 0.717) is 31.2 Å². The summed E-state index contributed by atoms with van der Waals surface area (Å²) in [6.07, 6.45) is 5.03. The average molecular weight is 360 g/mol. The smallest absolute Gasteiger partial charge is 0.317 e. The van der Waals surface area contributed by atoms with Gasteiger partial charge >= 0.3 is 6.03 Å². The van der Waals surface area contributed by atoms with Crippen molar-refractivity contribution in [3.05, 3.63) is 34.2 Å². The van der Waals surface area contributed by atoms with Crippen LogP contribution in [0.5, 0.6) is 0 Å². The number of H-pyrrole nitrogens is 1. The summed E-state index contributed by atoms with van der Waals surface area (Å²) in [6.45, 7) is 2.00. The zero-order valence-corrected chi connectivity index (χ0v) is 14.6. The third kappa shape index (κ3) is 3.33. The van der Waals surface area contributed by atoms with E-state index in [0.717, 1.165) is 25.7 Å². The number of pyridine rings is 1. The van der Waals surface area contributed by atoms with Gasteiger partial charge in [0.05, 0.1) is 5.56 Å². The Bertz CT molecular complexity index is 720. The Hall–Kier alpha value is -2.35. The molecule has 3 amide bonds. The average Bonchev–Trinajstić information content (AvgIpc) is 2.67. The van der Waals surface area contributed by atoms with Gasteiger partial charge in [0, 0.05) is 43.9 Å². The van der Waals surface area contributed by atoms with Crippen molar-refractivity contribution in [2.24, 2.45) is 11.8 Å². The van der Waals surface area contributed by atoms with Crippen LogP contribution in [0.1, 0.15) is 36.0 Å². The van der Waals surface area contributed by atoms with E-state index >= 15 is 0 Å². The second-order valence-electron chi connectivity index (χ2n) is 7.31. The third-order valence-corrected chi connectivity index (χ3v) is 5.77. The minimum Gasteiger partial charge on any atom is -0.358 e. The van der Waals surface area contributed by atoms with Gasteiger partial charge < -0.3 is 25.3 Å². The van der Waals surface area contributed by atoms with E-state index in [1.807, 2.05) is 4.90 Å². The summed E-state index contributed by atoms with van der Waals surface area (Å²) in [5, 5.41) is 5.97. The van der Waals surface area contributed by atoms with Crippen molar-refractivity contribution in [3.63, 3.8) is 0 Å². The molecule has 0 saturated carbocycles. The summed E-state index contributed by atoms with van der Waals surface area (Å²) in [6, 6.07) is 2.86. The molecule has 0 spiro atoms. The van der Waals surface area contributed by atoms with Crippen LogP contribution in [-0.2, 0) is 4.74 Å². The van der Waals surface area contributed by atoms with Crippen molar-refractivity contribution in [3.8, 4) is 0 Å². The molecule has 4 heterocycles. The quantitative estimate of drug-likeness (QED) is 0.721. The summed E-state index contributed by atoms with van der Waals surface area (Å²) < 4.78 is 5.73. The summed E-state index contributed by atoms with van der Waals surface area (Å²) in [5.74, 6) is 0.565. The van der Waals surface area contributed by atoms with E-state index in [9.17, 15) is 14.4 Å². The third-order valence-electron chi connectivity index (χ3n) is 5.77. The van der Waals surface area contributed by atoms with Crippen LogP contribution >= 0.6 is 0 Å². The van der Waals surface area contributed by atoms with Gasteiger partial charge in [-0.1, -0.05) is 0 Å². The van der Waals surface area contributed by atoms with Gasteiger partial charge in [-0.15, -0.1) is 0 Å². The predicted octanol–water partition coefficient (Wildman–Crippen LogP) is 0.661. The highest BCUT2D eigenvalue weighted by Crippen LogP contribution is 2.33. The van der Waals surface area contributed by atoms with Gasteiger partial charge in [-0.05, 0) is 37.7 Å². The molecule has 4 rings (SSSR count). The van der Waals surface area contributed by atoms with Gasteiger partial charge in [0.1, 0.15) is 6.23 Å². The molecule has 3 saturated heterocycles. The lowest BCUT2D eigenvalue weighted by Crippen LogP contribution is -2.65. The maximum absolute atomic E-state index is 12.6. The predicted molar refractivity (Wildman–Crippen MR) is 93.6 cm³/mol. The number of nitrogens with zero attached hydrogens (tertiary/aromatic N) is 1. The van der Waals surface area contributed by atoms with E-state index in [-0.39, 0.29) is 35.7 Å². The maximum Gasteiger partial charge on any atom is 0.317 e. The topological polar surface area (TPSA) is 104 Å². The summed E-state index contributed by atoms with van der Waals surface area (Å²) in [7, 11) is 0. The lowest BCUT2D eigenvalue weighted by atomic mass is 9.77. The first-order valence-corrected chi connectivity index (χ1v) is 9.28. The lowest BCUT2D eigenvalue weighted by Gasteiger charge is -2.46. The molecule has 8 heteroatoms. The molecular weight excluding hydrogens is 336 g/mol. The van der Waals surface area contributed by atoms with E-state index < -0.39 is 0 Å². The van der Waals surface area contributed by atoms with E-state index in [1.165, 1.54) is 12.3 Å². The Kier molecular flexibility index (Phi) is 4.67. The normalized spacial score (nSPS) is 29.5. The highest BCUT2D eigenvalue weighted by Gasteiger charge is 2.43. The summed E-state index contributed by atoms with van der Waals surface area (Å²) in [5.41, 5.74) is 0.283. The molecule has 0 bridgehead atoms. The Morgan fingerprint density at radius 1 is 1.12 bits per heavy atom. The summed E-state index contributed by atoms with van der Waals surface area (Å²) >= 11 is 0. The minimum absolute atomic E-state index is 0.0621. The SMILES string of the molecule is O=C1N[C@H]2OCCC[C@H]2[C@H](C2CCN(C(=O)c3ccc(=O)[nH]c3)CC2)N1. The largest absolute Gasteiger partial charge is 0.358 e. The number of hydrogen-bond acceptors (Lipinski definition) is 4. The van der Waals surface area contributed by atoms with Crippen molar-refractivity contribution in [2.45, 2.75) is 38.0 Å². The number of fused-ring (bicyclic) bond motifs is 1. The molecule has 1 aromatic heterocycles. The molecule has 3 aliphatic rings. The maximum atomic E-state index is 12.6. The molecule has 3 fully saturated rings. The molecule has 0 unspecified atom stereocenters. The Labute approximate surface area is 151 Å². The number of likely N-dealkylation sites (tertiary alicyclic amines) is 1. The number of rotatable bonds is 2. The molecule has 8 nitrogen and oxygen atoms in total. The fourth-order valence-corrected chi connectivity index (χ4v) is 4.41. The fraction of sp³-hybridized carbons (Fsp3) is 0.611. The number of carbonyl (C=O) groups excluding carboxylic acids is 2. The fourth-order valence-electron chi connectivity index (χ4n) is 4.41. The van der Waals surface area contributed by atoms with Crippen LogP contribution in [0.3, 0.4) is 0 Å². The number of aromatic amines is 1. The number of hydrogen-bond donors (Lipinski definition) is 3. The monoisotopic (exact) mass is 360 g/mol. The van der Waals surface area contributed by atoms with Crippen molar-refractivity contribution < 1.29 is 14.3 Å². The standard InChI is InChI=1S/C18H24N4O4/c23-14-4-3-12(10-19-14)17(24)22-7-5-11(6-8-22)15-13-2-1-9-26-16(13)21-18(25)20-15/h3-4,10-11,13,15-16H,1-2,5-9H2,(H,19,23)(H2,20,21,25)/t13-,15-,16-/m0/s1. The first kappa shape index (κ1) is 17.1. The molecule has 3 aliphatic heterocycles. The molecule has 1 aromatic rings. The van der Waals surface area contributed by atoms with Crippen LogP contribution < -0.4 is 16.2 Å². The number of piperidine rings is 1. The van der Waals surface area contributed by atoms with E-state index in [2.05, 4.69) is 15.6 Å². The van der Waals surface area contributed by atoms with Crippen LogP contribution in [0, 0.1) is 11.8 Å².